The van der Waals surface area contributed by atoms with Crippen LogP contribution in [0, 0.1) is 6.92 Å². The summed E-state index contributed by atoms with van der Waals surface area (Å²) < 4.78 is 2.03. The largest absolute Gasteiger partial charge is 0.508 e. The molecule has 4 nitrogen and oxygen atoms in total. The second kappa shape index (κ2) is 4.49. The fourth-order valence-electron chi connectivity index (χ4n) is 2.14. The Bertz CT molecular complexity index is 557. The number of fused-ring (bicyclic) bond motifs is 1. The van der Waals surface area contributed by atoms with Crippen molar-refractivity contribution in [2.45, 2.75) is 26.3 Å². The predicted molar refractivity (Wildman–Crippen MR) is 65.2 cm³/mol. The first-order valence-corrected chi connectivity index (χ1v) is 5.58. The number of rotatable bonds is 4. The number of benzene rings is 1. The van der Waals surface area contributed by atoms with Gasteiger partial charge in [-0.2, -0.15) is 0 Å². The van der Waals surface area contributed by atoms with Gasteiger partial charge in [-0.25, -0.2) is 0 Å². The Morgan fingerprint density at radius 1 is 1.41 bits per heavy atom. The van der Waals surface area contributed by atoms with Crippen LogP contribution in [0.2, 0.25) is 0 Å². The number of carboxylic acid groups (broad SMARTS) is 1. The molecule has 0 bridgehead atoms. The van der Waals surface area contributed by atoms with Gasteiger partial charge in [0.15, 0.2) is 0 Å². The number of aliphatic carboxylic acids is 1. The van der Waals surface area contributed by atoms with Gasteiger partial charge in [0, 0.05) is 24.5 Å². The summed E-state index contributed by atoms with van der Waals surface area (Å²) in [5, 5.41) is 19.1. The lowest BCUT2D eigenvalue weighted by molar-refractivity contribution is -0.137. The zero-order valence-corrected chi connectivity index (χ0v) is 9.68. The van der Waals surface area contributed by atoms with E-state index < -0.39 is 5.97 Å². The van der Waals surface area contributed by atoms with Crippen molar-refractivity contribution < 1.29 is 15.0 Å². The lowest BCUT2D eigenvalue weighted by Gasteiger charge is -2.07. The van der Waals surface area contributed by atoms with Crippen molar-refractivity contribution in [1.29, 1.82) is 0 Å². The standard InChI is InChI=1S/C13H15NO3/c1-9-7-11(15)8-10-4-6-14(13(9)10)5-2-3-12(16)17/h4,6-8,15H,2-3,5H2,1H3,(H,16,17). The number of phenols is 1. The van der Waals surface area contributed by atoms with Gasteiger partial charge >= 0.3 is 5.97 Å². The molecule has 1 heterocycles. The van der Waals surface area contributed by atoms with Crippen molar-refractivity contribution in [3.8, 4) is 5.75 Å². The van der Waals surface area contributed by atoms with Crippen LogP contribution in [-0.2, 0) is 11.3 Å². The molecule has 0 atom stereocenters. The minimum Gasteiger partial charge on any atom is -0.508 e. The molecule has 1 aromatic carbocycles. The highest BCUT2D eigenvalue weighted by Crippen LogP contribution is 2.25. The molecule has 0 amide bonds. The molecule has 0 radical (unpaired) electrons. The second-order valence-electron chi connectivity index (χ2n) is 4.21. The zero-order chi connectivity index (χ0) is 12.4. The first kappa shape index (κ1) is 11.5. The van der Waals surface area contributed by atoms with Gasteiger partial charge in [0.2, 0.25) is 0 Å². The van der Waals surface area contributed by atoms with Gasteiger partial charge in [-0.3, -0.25) is 4.79 Å². The summed E-state index contributed by atoms with van der Waals surface area (Å²) in [6.07, 6.45) is 2.72. The summed E-state index contributed by atoms with van der Waals surface area (Å²) in [6, 6.07) is 5.37. The zero-order valence-electron chi connectivity index (χ0n) is 9.68. The molecule has 0 aliphatic carbocycles. The average Bonchev–Trinajstić information content (AvgIpc) is 2.60. The maximum atomic E-state index is 10.5. The van der Waals surface area contributed by atoms with Gasteiger partial charge in [0.25, 0.3) is 0 Å². The van der Waals surface area contributed by atoms with E-state index in [-0.39, 0.29) is 12.2 Å². The van der Waals surface area contributed by atoms with E-state index in [9.17, 15) is 9.90 Å². The molecule has 0 fully saturated rings. The number of carbonyl (C=O) groups is 1. The summed E-state index contributed by atoms with van der Waals surface area (Å²) in [5.41, 5.74) is 2.06. The van der Waals surface area contributed by atoms with Crippen molar-refractivity contribution in [2.75, 3.05) is 0 Å². The number of hydrogen-bond donors (Lipinski definition) is 2. The molecule has 1 aromatic heterocycles. The fourth-order valence-corrected chi connectivity index (χ4v) is 2.14. The van der Waals surface area contributed by atoms with Crippen LogP contribution in [0.25, 0.3) is 10.9 Å². The van der Waals surface area contributed by atoms with Gasteiger partial charge in [-0.1, -0.05) is 0 Å². The molecular weight excluding hydrogens is 218 g/mol. The highest BCUT2D eigenvalue weighted by atomic mass is 16.4. The smallest absolute Gasteiger partial charge is 0.303 e. The Balaban J connectivity index is 2.26. The number of aryl methyl sites for hydroxylation is 2. The summed E-state index contributed by atoms with van der Waals surface area (Å²) >= 11 is 0. The van der Waals surface area contributed by atoms with Gasteiger partial charge in [0.05, 0.1) is 5.52 Å². The SMILES string of the molecule is Cc1cc(O)cc2ccn(CCCC(=O)O)c12. The summed E-state index contributed by atoms with van der Waals surface area (Å²) in [7, 11) is 0. The summed E-state index contributed by atoms with van der Waals surface area (Å²) in [4.78, 5) is 10.5. The Kier molecular flexibility index (Phi) is 3.04. The molecular formula is C13H15NO3. The predicted octanol–water partition coefficient (Wildman–Crippen LogP) is 2.52. The maximum absolute atomic E-state index is 10.5. The van der Waals surface area contributed by atoms with E-state index >= 15 is 0 Å². The van der Waals surface area contributed by atoms with Gasteiger partial charge in [-0.05, 0) is 37.1 Å². The topological polar surface area (TPSA) is 62.5 Å². The summed E-state index contributed by atoms with van der Waals surface area (Å²) in [5.74, 6) is -0.505. The number of phenolic OH excluding ortho intramolecular Hbond substituents is 1. The Morgan fingerprint density at radius 2 is 2.18 bits per heavy atom. The highest BCUT2D eigenvalue weighted by Gasteiger charge is 2.06. The van der Waals surface area contributed by atoms with E-state index in [2.05, 4.69) is 0 Å². The quantitative estimate of drug-likeness (QED) is 0.852. The lowest BCUT2D eigenvalue weighted by Crippen LogP contribution is -2.01. The fraction of sp³-hybridized carbons (Fsp3) is 0.308. The van der Waals surface area contributed by atoms with Crippen LogP contribution in [-0.4, -0.2) is 20.7 Å². The van der Waals surface area contributed by atoms with E-state index in [1.807, 2.05) is 23.8 Å². The molecule has 2 aromatic rings. The normalized spacial score (nSPS) is 10.9. The molecule has 2 rings (SSSR count). The van der Waals surface area contributed by atoms with Crippen molar-refractivity contribution in [2.24, 2.45) is 0 Å². The van der Waals surface area contributed by atoms with E-state index in [1.54, 1.807) is 12.1 Å². The van der Waals surface area contributed by atoms with Gasteiger partial charge in [0.1, 0.15) is 5.75 Å². The van der Waals surface area contributed by atoms with E-state index in [4.69, 9.17) is 5.11 Å². The van der Waals surface area contributed by atoms with Crippen LogP contribution < -0.4 is 0 Å². The average molecular weight is 233 g/mol. The number of aromatic nitrogens is 1. The summed E-state index contributed by atoms with van der Waals surface area (Å²) in [6.45, 7) is 2.62. The third-order valence-electron chi connectivity index (χ3n) is 2.83. The van der Waals surface area contributed by atoms with E-state index in [1.165, 1.54) is 0 Å². The van der Waals surface area contributed by atoms with Crippen molar-refractivity contribution in [3.63, 3.8) is 0 Å². The molecule has 0 unspecified atom stereocenters. The molecule has 17 heavy (non-hydrogen) atoms. The van der Waals surface area contributed by atoms with Crippen LogP contribution in [0.1, 0.15) is 18.4 Å². The number of nitrogens with zero attached hydrogens (tertiary/aromatic N) is 1. The van der Waals surface area contributed by atoms with Crippen LogP contribution >= 0.6 is 0 Å². The monoisotopic (exact) mass is 233 g/mol. The van der Waals surface area contributed by atoms with Gasteiger partial charge < -0.3 is 14.8 Å². The Morgan fingerprint density at radius 3 is 2.88 bits per heavy atom. The molecule has 2 N–H and O–H groups in total. The highest BCUT2D eigenvalue weighted by molar-refractivity contribution is 5.84. The number of carboxylic acids is 1. The second-order valence-corrected chi connectivity index (χ2v) is 4.21. The molecule has 90 valence electrons. The Labute approximate surface area is 99.1 Å². The van der Waals surface area contributed by atoms with Crippen LogP contribution in [0.4, 0.5) is 0 Å². The maximum Gasteiger partial charge on any atom is 0.303 e. The first-order chi connectivity index (χ1) is 8.08. The van der Waals surface area contributed by atoms with Crippen molar-refractivity contribution >= 4 is 16.9 Å². The third-order valence-corrected chi connectivity index (χ3v) is 2.83. The molecule has 0 saturated heterocycles. The molecule has 0 aliphatic rings. The lowest BCUT2D eigenvalue weighted by atomic mass is 10.1. The number of hydrogen-bond acceptors (Lipinski definition) is 2. The van der Waals surface area contributed by atoms with Crippen LogP contribution in [0.3, 0.4) is 0 Å². The van der Waals surface area contributed by atoms with Crippen LogP contribution in [0.5, 0.6) is 5.75 Å². The van der Waals surface area contributed by atoms with Gasteiger partial charge in [-0.15, -0.1) is 0 Å². The van der Waals surface area contributed by atoms with Crippen LogP contribution in [0.15, 0.2) is 24.4 Å². The molecule has 0 spiro atoms. The molecule has 0 saturated carbocycles. The van der Waals surface area contributed by atoms with Crippen molar-refractivity contribution in [1.82, 2.24) is 4.57 Å². The minimum atomic E-state index is -0.768. The molecule has 4 heteroatoms. The minimum absolute atomic E-state index is 0.177. The first-order valence-electron chi connectivity index (χ1n) is 5.58. The van der Waals surface area contributed by atoms with Crippen molar-refractivity contribution in [3.05, 3.63) is 30.0 Å². The third kappa shape index (κ3) is 2.41. The Hall–Kier alpha value is -1.97. The van der Waals surface area contributed by atoms with E-state index in [0.717, 1.165) is 16.5 Å². The molecule has 0 aliphatic heterocycles. The van der Waals surface area contributed by atoms with E-state index in [0.29, 0.717) is 13.0 Å². The number of aromatic hydroxyl groups is 1.